The third-order valence-electron chi connectivity index (χ3n) is 12.9. The van der Waals surface area contributed by atoms with Crippen LogP contribution in [-0.4, -0.2) is 74.5 Å². The molecule has 0 unspecified atom stereocenters. The number of fused-ring (bicyclic) bond motifs is 3. The number of H-pyrrole nitrogens is 1. The van der Waals surface area contributed by atoms with Gasteiger partial charge < -0.3 is 33.8 Å². The molecule has 0 spiro atoms. The summed E-state index contributed by atoms with van der Waals surface area (Å²) in [6, 6.07) is 16.0. The Morgan fingerprint density at radius 2 is 1.82 bits per heavy atom. The first-order chi connectivity index (χ1) is 26.6. The summed E-state index contributed by atoms with van der Waals surface area (Å²) in [6.07, 6.45) is 13.2. The van der Waals surface area contributed by atoms with Gasteiger partial charge in [0.2, 0.25) is 0 Å². The third kappa shape index (κ3) is 6.89. The van der Waals surface area contributed by atoms with Crippen molar-refractivity contribution in [2.45, 2.75) is 114 Å². The molecule has 4 fully saturated rings. The summed E-state index contributed by atoms with van der Waals surface area (Å²) in [7, 11) is 3.33. The molecule has 9 rings (SSSR count). The molecule has 2 aromatic carbocycles. The molecular formula is C44H55N7O4. The average Bonchev–Trinajstić information content (AvgIpc) is 3.91. The zero-order valence-electron chi connectivity index (χ0n) is 32.9. The zero-order chi connectivity index (χ0) is 37.8. The molecule has 0 bridgehead atoms. The highest BCUT2D eigenvalue weighted by Crippen LogP contribution is 2.48. The van der Waals surface area contributed by atoms with E-state index in [0.29, 0.717) is 30.5 Å². The summed E-state index contributed by atoms with van der Waals surface area (Å²) in [4.78, 5) is 20.8. The van der Waals surface area contributed by atoms with Crippen LogP contribution in [0.1, 0.15) is 88.7 Å². The Hall–Kier alpha value is -4.77. The number of nitrogens with zero attached hydrogens (tertiary/aromatic N) is 5. The van der Waals surface area contributed by atoms with Crippen LogP contribution in [0.15, 0.2) is 67.5 Å². The van der Waals surface area contributed by atoms with Crippen molar-refractivity contribution < 1.29 is 18.9 Å². The number of hydrogen-bond donors (Lipinski definition) is 2. The van der Waals surface area contributed by atoms with Crippen LogP contribution in [0.3, 0.4) is 0 Å². The molecule has 5 aromatic rings. The smallest absolute Gasteiger partial charge is 0.272 e. The first-order valence-corrected chi connectivity index (χ1v) is 20.2. The lowest BCUT2D eigenvalue weighted by Gasteiger charge is -2.50. The standard InChI is InChI=1S/C44H55N7O4/c1-26-54-40-29(24-51(31-8-7-9-31)32-18-27(19-32)10-15-39-48-35-14-12-30(44(2,3)4)21-36(35)49-39)20-37(41(40)55-26)50-17-16-34-42(46-25-47-43(34)50)45-23-28-11-13-33(52-5)22-38(28)53-6/h11-14,16-17,21-22,25,27,29,31-32,37,40-41H,1,7-10,15,18-20,23-24H2,2-6H3,(H,48,49)(H,45,46,47)/t27?,29-,32?,37-,40-,41+/m1/s1. The van der Waals surface area contributed by atoms with Gasteiger partial charge in [-0.25, -0.2) is 15.0 Å². The molecule has 4 aliphatic rings. The van der Waals surface area contributed by atoms with Gasteiger partial charge in [0.05, 0.1) is 36.7 Å². The van der Waals surface area contributed by atoms with Crippen LogP contribution in [-0.2, 0) is 27.9 Å². The van der Waals surface area contributed by atoms with Crippen LogP contribution in [0.25, 0.3) is 22.1 Å². The first-order valence-electron chi connectivity index (χ1n) is 20.2. The minimum Gasteiger partial charge on any atom is -0.497 e. The van der Waals surface area contributed by atoms with Crippen molar-refractivity contribution in [2.24, 2.45) is 11.8 Å². The Labute approximate surface area is 323 Å². The number of aryl methyl sites for hydroxylation is 1. The molecule has 3 aromatic heterocycles. The zero-order valence-corrected chi connectivity index (χ0v) is 32.9. The highest BCUT2D eigenvalue weighted by Gasteiger charge is 2.53. The fourth-order valence-corrected chi connectivity index (χ4v) is 9.49. The maximum absolute atomic E-state index is 6.38. The number of aromatic amines is 1. The van der Waals surface area contributed by atoms with Crippen LogP contribution >= 0.6 is 0 Å². The van der Waals surface area contributed by atoms with E-state index in [-0.39, 0.29) is 23.7 Å². The number of imidazole rings is 1. The summed E-state index contributed by atoms with van der Waals surface area (Å²) in [5.74, 6) is 4.93. The highest BCUT2D eigenvalue weighted by atomic mass is 16.7. The molecule has 55 heavy (non-hydrogen) atoms. The fraction of sp³-hybridized carbons (Fsp3) is 0.523. The van der Waals surface area contributed by atoms with Crippen molar-refractivity contribution in [3.8, 4) is 11.5 Å². The van der Waals surface area contributed by atoms with Crippen LogP contribution in [0.5, 0.6) is 11.5 Å². The van der Waals surface area contributed by atoms with Crippen LogP contribution in [0.2, 0.25) is 0 Å². The van der Waals surface area contributed by atoms with Crippen LogP contribution < -0.4 is 14.8 Å². The molecule has 0 amide bonds. The van der Waals surface area contributed by atoms with Crippen molar-refractivity contribution in [2.75, 3.05) is 26.1 Å². The number of hydrogen-bond acceptors (Lipinski definition) is 9. The van der Waals surface area contributed by atoms with Crippen molar-refractivity contribution in [3.05, 3.63) is 84.5 Å². The Bertz CT molecular complexity index is 2180. The molecule has 4 heterocycles. The van der Waals surface area contributed by atoms with Gasteiger partial charge in [0.25, 0.3) is 5.95 Å². The van der Waals surface area contributed by atoms with Crippen LogP contribution in [0.4, 0.5) is 5.82 Å². The van der Waals surface area contributed by atoms with Gasteiger partial charge in [0, 0.05) is 55.3 Å². The van der Waals surface area contributed by atoms with E-state index in [2.05, 4.69) is 82.6 Å². The monoisotopic (exact) mass is 745 g/mol. The second-order valence-corrected chi connectivity index (χ2v) is 17.3. The van der Waals surface area contributed by atoms with E-state index in [0.717, 1.165) is 76.1 Å². The molecular weight excluding hydrogens is 691 g/mol. The summed E-state index contributed by atoms with van der Waals surface area (Å²) in [5.41, 5.74) is 5.60. The fourth-order valence-electron chi connectivity index (χ4n) is 9.49. The molecule has 3 saturated carbocycles. The molecule has 11 nitrogen and oxygen atoms in total. The quantitative estimate of drug-likeness (QED) is 0.123. The van der Waals surface area contributed by atoms with Gasteiger partial charge in [0.1, 0.15) is 41.2 Å². The van der Waals surface area contributed by atoms with Gasteiger partial charge in [-0.1, -0.05) is 33.3 Å². The molecule has 11 heteroatoms. The van der Waals surface area contributed by atoms with Gasteiger partial charge in [-0.05, 0) is 92.3 Å². The molecule has 0 radical (unpaired) electrons. The Kier molecular flexibility index (Phi) is 9.39. The van der Waals surface area contributed by atoms with Crippen molar-refractivity contribution >= 4 is 27.9 Å². The highest BCUT2D eigenvalue weighted by molar-refractivity contribution is 5.87. The topological polar surface area (TPSA) is 112 Å². The molecule has 290 valence electrons. The Balaban J connectivity index is 0.864. The van der Waals surface area contributed by atoms with Crippen molar-refractivity contribution in [1.82, 2.24) is 29.4 Å². The number of nitrogens with one attached hydrogen (secondary N) is 2. The summed E-state index contributed by atoms with van der Waals surface area (Å²) >= 11 is 0. The maximum Gasteiger partial charge on any atom is 0.272 e. The lowest BCUT2D eigenvalue weighted by Crippen LogP contribution is -2.54. The normalized spacial score (nSPS) is 25.1. The van der Waals surface area contributed by atoms with Crippen molar-refractivity contribution in [1.29, 1.82) is 0 Å². The number of ether oxygens (including phenoxy) is 4. The number of methoxy groups -OCH3 is 2. The second kappa shape index (κ2) is 14.4. The Morgan fingerprint density at radius 3 is 2.58 bits per heavy atom. The summed E-state index contributed by atoms with van der Waals surface area (Å²) < 4.78 is 26.0. The molecule has 2 N–H and O–H groups in total. The maximum atomic E-state index is 6.38. The number of benzene rings is 2. The van der Waals surface area contributed by atoms with Crippen LogP contribution in [0, 0.1) is 11.8 Å². The number of rotatable bonds is 13. The minimum absolute atomic E-state index is 0.0257. The lowest BCUT2D eigenvalue weighted by molar-refractivity contribution is -0.0159. The largest absolute Gasteiger partial charge is 0.497 e. The van der Waals surface area contributed by atoms with Gasteiger partial charge >= 0.3 is 0 Å². The van der Waals surface area contributed by atoms with E-state index in [4.69, 9.17) is 28.9 Å². The number of aromatic nitrogens is 5. The van der Waals surface area contributed by atoms with Gasteiger partial charge in [-0.3, -0.25) is 4.90 Å². The molecule has 1 saturated heterocycles. The predicted molar refractivity (Wildman–Crippen MR) is 214 cm³/mol. The average molecular weight is 746 g/mol. The SMILES string of the molecule is C=C1O[C@@H]2[C@@H](CN(C3CCC3)C3CC(CCc4nc5ccc(C(C)(C)C)cc5[nH]4)C3)C[C@@H](n3ccc4c(NCc5ccc(OC)cc5OC)ncnc43)[C@@H]2O1. The van der Waals surface area contributed by atoms with E-state index in [1.165, 1.54) is 44.1 Å². The number of anilines is 1. The molecule has 1 aliphatic heterocycles. The van der Waals surface area contributed by atoms with E-state index in [9.17, 15) is 0 Å². The van der Waals surface area contributed by atoms with Gasteiger partial charge in [0.15, 0.2) is 6.10 Å². The summed E-state index contributed by atoms with van der Waals surface area (Å²) in [6.45, 7) is 12.5. The van der Waals surface area contributed by atoms with Crippen molar-refractivity contribution in [3.63, 3.8) is 0 Å². The minimum atomic E-state index is -0.108. The first kappa shape index (κ1) is 35.9. The van der Waals surface area contributed by atoms with Gasteiger partial charge in [-0.15, -0.1) is 0 Å². The summed E-state index contributed by atoms with van der Waals surface area (Å²) in [5, 5.41) is 4.50. The van der Waals surface area contributed by atoms with Gasteiger partial charge in [-0.2, -0.15) is 0 Å². The lowest BCUT2D eigenvalue weighted by atomic mass is 9.74. The third-order valence-corrected chi connectivity index (χ3v) is 12.9. The van der Waals surface area contributed by atoms with E-state index < -0.39 is 0 Å². The Morgan fingerprint density at radius 1 is 0.982 bits per heavy atom. The second-order valence-electron chi connectivity index (χ2n) is 17.3. The van der Waals surface area contributed by atoms with E-state index in [1.54, 1.807) is 20.5 Å². The molecule has 4 atom stereocenters. The van der Waals surface area contributed by atoms with E-state index >= 15 is 0 Å². The predicted octanol–water partition coefficient (Wildman–Crippen LogP) is 8.32. The molecule has 3 aliphatic carbocycles. The van der Waals surface area contributed by atoms with E-state index in [1.807, 2.05) is 18.2 Å².